The SMILES string of the molecule is O=C(Cl)C=Cc1ccc(S(=O)(=O)Nc2ccccc2)cc1. The highest BCUT2D eigenvalue weighted by Crippen LogP contribution is 2.16. The van der Waals surface area contributed by atoms with Crippen LogP contribution in [0.25, 0.3) is 6.08 Å². The molecule has 0 radical (unpaired) electrons. The molecule has 2 rings (SSSR count). The highest BCUT2D eigenvalue weighted by atomic mass is 35.5. The molecule has 0 fully saturated rings. The van der Waals surface area contributed by atoms with Crippen LogP contribution in [0.3, 0.4) is 0 Å². The van der Waals surface area contributed by atoms with Crippen LogP contribution in [-0.2, 0) is 14.8 Å². The van der Waals surface area contributed by atoms with E-state index in [1.165, 1.54) is 24.3 Å². The summed E-state index contributed by atoms with van der Waals surface area (Å²) in [5.41, 5.74) is 1.18. The lowest BCUT2D eigenvalue weighted by atomic mass is 10.2. The third-order valence-corrected chi connectivity index (χ3v) is 4.15. The molecule has 0 saturated carbocycles. The summed E-state index contributed by atoms with van der Waals surface area (Å²) in [7, 11) is -3.63. The van der Waals surface area contributed by atoms with E-state index in [-0.39, 0.29) is 4.90 Å². The lowest BCUT2D eigenvalue weighted by molar-refractivity contribution is -0.107. The van der Waals surface area contributed by atoms with Crippen molar-refractivity contribution in [2.24, 2.45) is 0 Å². The Hall–Kier alpha value is -2.11. The molecular formula is C15H12ClNO3S. The first kappa shape index (κ1) is 15.3. The molecular weight excluding hydrogens is 310 g/mol. The van der Waals surface area contributed by atoms with Crippen LogP contribution in [0.4, 0.5) is 5.69 Å². The number of anilines is 1. The molecule has 0 bridgehead atoms. The van der Waals surface area contributed by atoms with Crippen LogP contribution in [-0.4, -0.2) is 13.7 Å². The number of hydrogen-bond donors (Lipinski definition) is 1. The van der Waals surface area contributed by atoms with Crippen molar-refractivity contribution >= 4 is 38.6 Å². The minimum Gasteiger partial charge on any atom is -0.280 e. The van der Waals surface area contributed by atoms with Crippen molar-refractivity contribution in [1.29, 1.82) is 0 Å². The van der Waals surface area contributed by atoms with E-state index in [4.69, 9.17) is 11.6 Å². The summed E-state index contributed by atoms with van der Waals surface area (Å²) in [6, 6.07) is 14.7. The van der Waals surface area contributed by atoms with Gasteiger partial charge in [0.05, 0.1) is 4.90 Å². The number of sulfonamides is 1. The summed E-state index contributed by atoms with van der Waals surface area (Å²) in [6.07, 6.45) is 2.71. The van der Waals surface area contributed by atoms with Gasteiger partial charge in [-0.1, -0.05) is 36.4 Å². The van der Waals surface area contributed by atoms with Gasteiger partial charge in [-0.15, -0.1) is 0 Å². The molecule has 0 spiro atoms. The average molecular weight is 322 g/mol. The van der Waals surface area contributed by atoms with E-state index in [9.17, 15) is 13.2 Å². The van der Waals surface area contributed by atoms with Gasteiger partial charge < -0.3 is 0 Å². The van der Waals surface area contributed by atoms with E-state index in [0.717, 1.165) is 0 Å². The monoisotopic (exact) mass is 321 g/mol. The van der Waals surface area contributed by atoms with Crippen molar-refractivity contribution in [3.05, 3.63) is 66.2 Å². The molecule has 0 aromatic heterocycles. The Morgan fingerprint density at radius 3 is 2.19 bits per heavy atom. The van der Waals surface area contributed by atoms with Gasteiger partial charge in [0.2, 0.25) is 5.24 Å². The largest absolute Gasteiger partial charge is 0.280 e. The zero-order valence-electron chi connectivity index (χ0n) is 10.9. The summed E-state index contributed by atoms with van der Waals surface area (Å²) in [6.45, 7) is 0. The maximum atomic E-state index is 12.2. The summed E-state index contributed by atoms with van der Waals surface area (Å²) < 4.78 is 26.8. The molecule has 108 valence electrons. The molecule has 0 unspecified atom stereocenters. The number of allylic oxidation sites excluding steroid dienone is 1. The molecule has 4 nitrogen and oxygen atoms in total. The summed E-state index contributed by atoms with van der Waals surface area (Å²) in [5, 5.41) is -0.586. The predicted molar refractivity (Wildman–Crippen MR) is 83.6 cm³/mol. The maximum absolute atomic E-state index is 12.2. The van der Waals surface area contributed by atoms with Gasteiger partial charge >= 0.3 is 0 Å². The van der Waals surface area contributed by atoms with E-state index in [2.05, 4.69) is 4.72 Å². The van der Waals surface area contributed by atoms with Gasteiger partial charge in [0.1, 0.15) is 0 Å². The quantitative estimate of drug-likeness (QED) is 0.679. The number of carbonyl (C=O) groups excluding carboxylic acids is 1. The minimum atomic E-state index is -3.63. The third kappa shape index (κ3) is 4.44. The first-order valence-corrected chi connectivity index (χ1v) is 7.89. The van der Waals surface area contributed by atoms with Crippen molar-refractivity contribution in [3.63, 3.8) is 0 Å². The molecule has 6 heteroatoms. The van der Waals surface area contributed by atoms with E-state index in [1.54, 1.807) is 42.5 Å². The Morgan fingerprint density at radius 1 is 1.00 bits per heavy atom. The highest BCUT2D eigenvalue weighted by Gasteiger charge is 2.13. The van der Waals surface area contributed by atoms with E-state index in [1.807, 2.05) is 0 Å². The average Bonchev–Trinajstić information content (AvgIpc) is 2.46. The van der Waals surface area contributed by atoms with Crippen molar-refractivity contribution in [2.75, 3.05) is 4.72 Å². The van der Waals surface area contributed by atoms with Gasteiger partial charge in [-0.3, -0.25) is 9.52 Å². The molecule has 1 N–H and O–H groups in total. The van der Waals surface area contributed by atoms with Gasteiger partial charge in [0, 0.05) is 5.69 Å². The summed E-state index contributed by atoms with van der Waals surface area (Å²) >= 11 is 5.19. The molecule has 0 aliphatic carbocycles. The van der Waals surface area contributed by atoms with Gasteiger partial charge in [0.25, 0.3) is 10.0 Å². The zero-order valence-corrected chi connectivity index (χ0v) is 12.4. The number of halogens is 1. The van der Waals surface area contributed by atoms with Crippen LogP contribution in [0.2, 0.25) is 0 Å². The Bertz CT molecular complexity index is 753. The standard InChI is InChI=1S/C15H12ClNO3S/c16-15(18)11-8-12-6-9-14(10-7-12)21(19,20)17-13-4-2-1-3-5-13/h1-11,17H. The topological polar surface area (TPSA) is 63.2 Å². The molecule has 0 atom stereocenters. The van der Waals surface area contributed by atoms with Crippen molar-refractivity contribution in [1.82, 2.24) is 0 Å². The van der Waals surface area contributed by atoms with Crippen molar-refractivity contribution < 1.29 is 13.2 Å². The van der Waals surface area contributed by atoms with Gasteiger partial charge in [-0.25, -0.2) is 8.42 Å². The summed E-state index contributed by atoms with van der Waals surface area (Å²) in [4.78, 5) is 10.8. The first-order valence-electron chi connectivity index (χ1n) is 6.03. The van der Waals surface area contributed by atoms with E-state index in [0.29, 0.717) is 11.3 Å². The first-order chi connectivity index (χ1) is 9.97. The van der Waals surface area contributed by atoms with Crippen molar-refractivity contribution in [3.8, 4) is 0 Å². The van der Waals surface area contributed by atoms with Crippen LogP contribution in [0.15, 0.2) is 65.6 Å². The Balaban J connectivity index is 2.19. The molecule has 0 aliphatic heterocycles. The van der Waals surface area contributed by atoms with Gasteiger partial charge in [-0.05, 0) is 47.5 Å². The smallest absolute Gasteiger partial charge is 0.261 e. The fourth-order valence-corrected chi connectivity index (χ4v) is 2.76. The molecule has 2 aromatic carbocycles. The summed E-state index contributed by atoms with van der Waals surface area (Å²) in [5.74, 6) is 0. The normalized spacial score (nSPS) is 11.5. The third-order valence-electron chi connectivity index (χ3n) is 2.62. The second-order valence-electron chi connectivity index (χ2n) is 4.18. The second-order valence-corrected chi connectivity index (χ2v) is 6.23. The minimum absolute atomic E-state index is 0.140. The fourth-order valence-electron chi connectivity index (χ4n) is 1.64. The highest BCUT2D eigenvalue weighted by molar-refractivity contribution is 7.92. The van der Waals surface area contributed by atoms with E-state index >= 15 is 0 Å². The Labute approximate surface area is 128 Å². The molecule has 0 amide bonds. The number of para-hydroxylation sites is 1. The molecule has 0 heterocycles. The molecule has 0 aliphatic rings. The van der Waals surface area contributed by atoms with Gasteiger partial charge in [0.15, 0.2) is 0 Å². The van der Waals surface area contributed by atoms with Crippen LogP contribution in [0.5, 0.6) is 0 Å². The molecule has 21 heavy (non-hydrogen) atoms. The number of hydrogen-bond acceptors (Lipinski definition) is 3. The number of benzene rings is 2. The lowest BCUT2D eigenvalue weighted by Crippen LogP contribution is -2.12. The number of carbonyl (C=O) groups is 1. The molecule has 0 saturated heterocycles. The number of rotatable bonds is 5. The Kier molecular flexibility index (Phi) is 4.77. The number of nitrogens with one attached hydrogen (secondary N) is 1. The van der Waals surface area contributed by atoms with Crippen LogP contribution in [0, 0.1) is 0 Å². The fraction of sp³-hybridized carbons (Fsp3) is 0. The zero-order chi connectivity index (χ0) is 15.3. The van der Waals surface area contributed by atoms with Gasteiger partial charge in [-0.2, -0.15) is 0 Å². The van der Waals surface area contributed by atoms with Crippen LogP contribution < -0.4 is 4.72 Å². The lowest BCUT2D eigenvalue weighted by Gasteiger charge is -2.08. The molecule has 2 aromatic rings. The Morgan fingerprint density at radius 2 is 1.62 bits per heavy atom. The maximum Gasteiger partial charge on any atom is 0.261 e. The second kappa shape index (κ2) is 6.56. The van der Waals surface area contributed by atoms with Crippen molar-refractivity contribution in [2.45, 2.75) is 4.90 Å². The van der Waals surface area contributed by atoms with E-state index < -0.39 is 15.3 Å². The van der Waals surface area contributed by atoms with Crippen LogP contribution >= 0.6 is 11.6 Å². The van der Waals surface area contributed by atoms with Crippen LogP contribution in [0.1, 0.15) is 5.56 Å². The predicted octanol–water partition coefficient (Wildman–Crippen LogP) is 3.27.